The van der Waals surface area contributed by atoms with Gasteiger partial charge in [-0.15, -0.1) is 11.3 Å². The number of aryl methyl sites for hydroxylation is 1. The first-order valence-electron chi connectivity index (χ1n) is 5.34. The molecule has 1 amide bonds. The first kappa shape index (κ1) is 13.6. The van der Waals surface area contributed by atoms with Crippen LogP contribution < -0.4 is 5.32 Å². The Balaban J connectivity index is 2.04. The van der Waals surface area contributed by atoms with Gasteiger partial charge in [0.15, 0.2) is 0 Å². The average molecular weight is 345 g/mol. The molecule has 94 valence electrons. The van der Waals surface area contributed by atoms with E-state index in [1.807, 2.05) is 18.4 Å². The highest BCUT2D eigenvalue weighted by Gasteiger charge is 2.08. The number of carbonyl (C=O) groups is 1. The summed E-state index contributed by atoms with van der Waals surface area (Å²) >= 11 is 10.9. The van der Waals surface area contributed by atoms with Gasteiger partial charge in [-0.25, -0.2) is 0 Å². The fraction of sp³-hybridized carbons (Fsp3) is 0.154. The minimum absolute atomic E-state index is 0.114. The Morgan fingerprint density at radius 1 is 1.44 bits per heavy atom. The van der Waals surface area contributed by atoms with Gasteiger partial charge in [0.1, 0.15) is 0 Å². The van der Waals surface area contributed by atoms with Gasteiger partial charge in [0, 0.05) is 14.9 Å². The van der Waals surface area contributed by atoms with Gasteiger partial charge in [-0.05, 0) is 58.1 Å². The molecule has 0 aliphatic heterocycles. The Bertz CT molecular complexity index is 582. The van der Waals surface area contributed by atoms with Crippen molar-refractivity contribution in [1.82, 2.24) is 5.32 Å². The van der Waals surface area contributed by atoms with Crippen LogP contribution in [-0.4, -0.2) is 5.91 Å². The second-order valence-electron chi connectivity index (χ2n) is 3.84. The molecule has 2 rings (SSSR count). The van der Waals surface area contributed by atoms with Gasteiger partial charge in [-0.1, -0.05) is 11.6 Å². The molecule has 1 heterocycles. The van der Waals surface area contributed by atoms with Crippen molar-refractivity contribution in [2.24, 2.45) is 0 Å². The maximum atomic E-state index is 11.9. The molecule has 0 radical (unpaired) electrons. The molecule has 1 N–H and O–H groups in total. The minimum atomic E-state index is -0.114. The van der Waals surface area contributed by atoms with Crippen LogP contribution in [0.25, 0.3) is 0 Å². The molecule has 1 aromatic heterocycles. The molecule has 0 unspecified atom stereocenters. The molecule has 5 heteroatoms. The number of rotatable bonds is 3. The van der Waals surface area contributed by atoms with Crippen LogP contribution in [0.15, 0.2) is 34.1 Å². The third-order valence-corrected chi connectivity index (χ3v) is 4.81. The predicted molar refractivity (Wildman–Crippen MR) is 79.4 cm³/mol. The zero-order valence-corrected chi connectivity index (χ0v) is 12.8. The Labute approximate surface area is 123 Å². The largest absolute Gasteiger partial charge is 0.347 e. The molecule has 0 atom stereocenters. The Kier molecular flexibility index (Phi) is 4.43. The van der Waals surface area contributed by atoms with Crippen molar-refractivity contribution in [1.29, 1.82) is 0 Å². The third-order valence-electron chi connectivity index (χ3n) is 2.56. The van der Waals surface area contributed by atoms with Gasteiger partial charge in [-0.3, -0.25) is 4.79 Å². The van der Waals surface area contributed by atoms with Crippen molar-refractivity contribution < 1.29 is 4.79 Å². The lowest BCUT2D eigenvalue weighted by Crippen LogP contribution is -2.22. The number of halogens is 2. The quantitative estimate of drug-likeness (QED) is 0.878. The van der Waals surface area contributed by atoms with E-state index in [1.54, 1.807) is 29.5 Å². The number of hydrogen-bond acceptors (Lipinski definition) is 2. The zero-order valence-electron chi connectivity index (χ0n) is 9.67. The van der Waals surface area contributed by atoms with E-state index in [9.17, 15) is 4.79 Å². The molecule has 0 saturated carbocycles. The van der Waals surface area contributed by atoms with E-state index in [2.05, 4.69) is 21.2 Å². The van der Waals surface area contributed by atoms with Crippen molar-refractivity contribution in [2.75, 3.05) is 0 Å². The summed E-state index contributed by atoms with van der Waals surface area (Å²) in [5.74, 6) is -0.114. The fourth-order valence-corrected chi connectivity index (χ4v) is 2.76. The van der Waals surface area contributed by atoms with Crippen molar-refractivity contribution in [3.8, 4) is 0 Å². The van der Waals surface area contributed by atoms with Gasteiger partial charge in [0.25, 0.3) is 5.91 Å². The number of benzene rings is 1. The second-order valence-corrected chi connectivity index (χ2v) is 6.10. The van der Waals surface area contributed by atoms with E-state index in [-0.39, 0.29) is 5.91 Å². The summed E-state index contributed by atoms with van der Waals surface area (Å²) in [7, 11) is 0. The van der Waals surface area contributed by atoms with Gasteiger partial charge >= 0.3 is 0 Å². The minimum Gasteiger partial charge on any atom is -0.347 e. The van der Waals surface area contributed by atoms with E-state index in [1.165, 1.54) is 10.4 Å². The Morgan fingerprint density at radius 3 is 2.83 bits per heavy atom. The lowest BCUT2D eigenvalue weighted by Gasteiger charge is -2.05. The zero-order chi connectivity index (χ0) is 13.1. The molecule has 18 heavy (non-hydrogen) atoms. The van der Waals surface area contributed by atoms with Crippen molar-refractivity contribution >= 4 is 44.8 Å². The molecule has 0 spiro atoms. The predicted octanol–water partition coefficient (Wildman–Crippen LogP) is 4.40. The summed E-state index contributed by atoms with van der Waals surface area (Å²) in [6.45, 7) is 2.59. The summed E-state index contributed by atoms with van der Waals surface area (Å²) in [6, 6.07) is 7.21. The van der Waals surface area contributed by atoms with E-state index in [0.29, 0.717) is 17.1 Å². The van der Waals surface area contributed by atoms with Crippen LogP contribution in [0.4, 0.5) is 0 Å². The highest BCUT2D eigenvalue weighted by Crippen LogP contribution is 2.23. The van der Waals surface area contributed by atoms with Crippen LogP contribution in [-0.2, 0) is 6.54 Å². The van der Waals surface area contributed by atoms with Crippen LogP contribution in [0.3, 0.4) is 0 Å². The molecule has 0 bridgehead atoms. The Hall–Kier alpha value is -0.840. The van der Waals surface area contributed by atoms with Crippen molar-refractivity contribution in [3.63, 3.8) is 0 Å². The summed E-state index contributed by atoms with van der Waals surface area (Å²) in [6.07, 6.45) is 0. The van der Waals surface area contributed by atoms with Gasteiger partial charge < -0.3 is 5.32 Å². The van der Waals surface area contributed by atoms with Gasteiger partial charge in [0.2, 0.25) is 0 Å². The first-order chi connectivity index (χ1) is 8.58. The Morgan fingerprint density at radius 2 is 2.22 bits per heavy atom. The molecule has 1 aromatic carbocycles. The summed E-state index contributed by atoms with van der Waals surface area (Å²) in [5.41, 5.74) is 1.77. The van der Waals surface area contributed by atoms with Crippen molar-refractivity contribution in [2.45, 2.75) is 13.5 Å². The highest BCUT2D eigenvalue weighted by molar-refractivity contribution is 9.10. The van der Waals surface area contributed by atoms with E-state index in [4.69, 9.17) is 11.6 Å². The third kappa shape index (κ3) is 3.13. The smallest absolute Gasteiger partial charge is 0.251 e. The second kappa shape index (κ2) is 5.87. The van der Waals surface area contributed by atoms with Crippen molar-refractivity contribution in [3.05, 3.63) is 55.1 Å². The maximum absolute atomic E-state index is 11.9. The van der Waals surface area contributed by atoms with Crippen LogP contribution in [0.1, 0.15) is 20.8 Å². The summed E-state index contributed by atoms with van der Waals surface area (Å²) in [4.78, 5) is 13.1. The standard InChI is InChI=1S/C13H11BrClNOS/c1-8-4-5-18-12(8)7-16-13(17)9-2-3-10(14)11(15)6-9/h2-6H,7H2,1H3,(H,16,17). The van der Waals surface area contributed by atoms with Gasteiger partial charge in [0.05, 0.1) is 11.6 Å². The maximum Gasteiger partial charge on any atom is 0.251 e. The van der Waals surface area contributed by atoms with Crippen LogP contribution in [0.2, 0.25) is 5.02 Å². The molecular weight excluding hydrogens is 334 g/mol. The highest BCUT2D eigenvalue weighted by atomic mass is 79.9. The lowest BCUT2D eigenvalue weighted by molar-refractivity contribution is 0.0951. The van der Waals surface area contributed by atoms with E-state index < -0.39 is 0 Å². The number of thiophene rings is 1. The number of amides is 1. The van der Waals surface area contributed by atoms with Crippen LogP contribution in [0.5, 0.6) is 0 Å². The lowest BCUT2D eigenvalue weighted by atomic mass is 10.2. The molecular formula is C13H11BrClNOS. The summed E-state index contributed by atoms with van der Waals surface area (Å²) < 4.78 is 0.787. The van der Waals surface area contributed by atoms with E-state index in [0.717, 1.165) is 4.47 Å². The molecule has 0 aliphatic rings. The number of hydrogen-bond donors (Lipinski definition) is 1. The monoisotopic (exact) mass is 343 g/mol. The number of carbonyl (C=O) groups excluding carboxylic acids is 1. The topological polar surface area (TPSA) is 29.1 Å². The molecule has 0 aliphatic carbocycles. The van der Waals surface area contributed by atoms with Crippen LogP contribution >= 0.6 is 38.9 Å². The summed E-state index contributed by atoms with van der Waals surface area (Å²) in [5, 5.41) is 5.44. The van der Waals surface area contributed by atoms with E-state index >= 15 is 0 Å². The molecule has 2 nitrogen and oxygen atoms in total. The SMILES string of the molecule is Cc1ccsc1CNC(=O)c1ccc(Br)c(Cl)c1. The normalized spacial score (nSPS) is 10.4. The molecule has 0 fully saturated rings. The van der Waals surface area contributed by atoms with Gasteiger partial charge in [-0.2, -0.15) is 0 Å². The molecule has 0 saturated heterocycles. The fourth-order valence-electron chi connectivity index (χ4n) is 1.49. The number of nitrogens with one attached hydrogen (secondary N) is 1. The van der Waals surface area contributed by atoms with Crippen LogP contribution in [0, 0.1) is 6.92 Å². The molecule has 2 aromatic rings. The average Bonchev–Trinajstić information content (AvgIpc) is 2.75. The first-order valence-corrected chi connectivity index (χ1v) is 7.39.